The highest BCUT2D eigenvalue weighted by Crippen LogP contribution is 2.20. The van der Waals surface area contributed by atoms with Crippen molar-refractivity contribution in [2.24, 2.45) is 0 Å². The van der Waals surface area contributed by atoms with Crippen LogP contribution < -0.4 is 16.2 Å². The third kappa shape index (κ3) is 1.59. The Morgan fingerprint density at radius 1 is 1.20 bits per heavy atom. The van der Waals surface area contributed by atoms with E-state index in [0.717, 1.165) is 11.4 Å². The van der Waals surface area contributed by atoms with Gasteiger partial charge in [-0.3, -0.25) is 0 Å². The van der Waals surface area contributed by atoms with Crippen molar-refractivity contribution in [3.05, 3.63) is 30.5 Å². The predicted octanol–water partition coefficient (Wildman–Crippen LogP) is 1.05. The molecule has 5 nitrogen and oxygen atoms in total. The first-order chi connectivity index (χ1) is 7.22. The van der Waals surface area contributed by atoms with Crippen LogP contribution in [0.5, 0.6) is 5.75 Å². The van der Waals surface area contributed by atoms with Crippen LogP contribution >= 0.6 is 0 Å². The van der Waals surface area contributed by atoms with Crippen LogP contribution in [-0.4, -0.2) is 16.9 Å². The van der Waals surface area contributed by atoms with Gasteiger partial charge in [0.1, 0.15) is 11.6 Å². The molecule has 0 amide bonds. The van der Waals surface area contributed by atoms with Crippen molar-refractivity contribution >= 4 is 11.5 Å². The number of nitrogen functional groups attached to an aromatic ring is 2. The molecule has 0 aliphatic heterocycles. The molecule has 0 radical (unpaired) electrons. The maximum absolute atomic E-state index is 5.75. The summed E-state index contributed by atoms with van der Waals surface area (Å²) in [6.07, 6.45) is 1.53. The largest absolute Gasteiger partial charge is 0.497 e. The van der Waals surface area contributed by atoms with Gasteiger partial charge in [0.05, 0.1) is 24.7 Å². The molecule has 5 heteroatoms. The second-order valence-electron chi connectivity index (χ2n) is 3.09. The van der Waals surface area contributed by atoms with Gasteiger partial charge in [0.15, 0.2) is 0 Å². The van der Waals surface area contributed by atoms with Crippen LogP contribution in [0.25, 0.3) is 5.69 Å². The Morgan fingerprint density at radius 2 is 1.87 bits per heavy atom. The van der Waals surface area contributed by atoms with E-state index in [1.807, 2.05) is 24.3 Å². The Kier molecular flexibility index (Phi) is 2.21. The number of anilines is 2. The van der Waals surface area contributed by atoms with E-state index in [0.29, 0.717) is 11.5 Å². The molecule has 1 heterocycles. The summed E-state index contributed by atoms with van der Waals surface area (Å²) >= 11 is 0. The highest BCUT2D eigenvalue weighted by Gasteiger charge is 2.05. The molecule has 0 fully saturated rings. The van der Waals surface area contributed by atoms with E-state index in [-0.39, 0.29) is 0 Å². The molecule has 15 heavy (non-hydrogen) atoms. The number of benzene rings is 1. The number of hydrogen-bond acceptors (Lipinski definition) is 4. The van der Waals surface area contributed by atoms with Crippen LogP contribution in [0.3, 0.4) is 0 Å². The minimum Gasteiger partial charge on any atom is -0.497 e. The fraction of sp³-hybridized carbons (Fsp3) is 0.100. The average molecular weight is 204 g/mol. The van der Waals surface area contributed by atoms with Crippen LogP contribution in [0.2, 0.25) is 0 Å². The Hall–Kier alpha value is -2.17. The molecule has 1 aromatic heterocycles. The SMILES string of the molecule is COc1ccc(-n2ncc(N)c2N)cc1. The minimum absolute atomic E-state index is 0.445. The second-order valence-corrected chi connectivity index (χ2v) is 3.09. The molecular weight excluding hydrogens is 192 g/mol. The number of nitrogens with two attached hydrogens (primary N) is 2. The summed E-state index contributed by atoms with van der Waals surface area (Å²) in [7, 11) is 1.62. The lowest BCUT2D eigenvalue weighted by atomic mass is 10.3. The number of rotatable bonds is 2. The van der Waals surface area contributed by atoms with Crippen molar-refractivity contribution in [2.75, 3.05) is 18.6 Å². The number of hydrogen-bond donors (Lipinski definition) is 2. The van der Waals surface area contributed by atoms with Crippen molar-refractivity contribution in [3.8, 4) is 11.4 Å². The molecule has 2 rings (SSSR count). The first kappa shape index (κ1) is 9.39. The minimum atomic E-state index is 0.445. The maximum Gasteiger partial charge on any atom is 0.150 e. The highest BCUT2D eigenvalue weighted by molar-refractivity contribution is 5.60. The molecule has 1 aromatic carbocycles. The van der Waals surface area contributed by atoms with E-state index < -0.39 is 0 Å². The van der Waals surface area contributed by atoms with Crippen molar-refractivity contribution in [1.82, 2.24) is 9.78 Å². The number of ether oxygens (including phenoxy) is 1. The molecular formula is C10H12N4O. The molecule has 2 aromatic rings. The third-order valence-corrected chi connectivity index (χ3v) is 2.15. The second kappa shape index (κ2) is 3.53. The molecule has 0 atom stereocenters. The summed E-state index contributed by atoms with van der Waals surface area (Å²) in [5, 5.41) is 4.07. The molecule has 0 saturated heterocycles. The van der Waals surface area contributed by atoms with Crippen LogP contribution in [0.15, 0.2) is 30.5 Å². The van der Waals surface area contributed by atoms with Gasteiger partial charge in [0.2, 0.25) is 0 Å². The van der Waals surface area contributed by atoms with Gasteiger partial charge in [-0.05, 0) is 24.3 Å². The van der Waals surface area contributed by atoms with Crippen molar-refractivity contribution < 1.29 is 4.74 Å². The number of nitrogens with zero attached hydrogens (tertiary/aromatic N) is 2. The summed E-state index contributed by atoms with van der Waals surface area (Å²) in [6, 6.07) is 7.41. The van der Waals surface area contributed by atoms with Crippen LogP contribution in [0.4, 0.5) is 11.5 Å². The Morgan fingerprint density at radius 3 is 2.33 bits per heavy atom. The van der Waals surface area contributed by atoms with Gasteiger partial charge in [-0.2, -0.15) is 5.10 Å². The summed E-state index contributed by atoms with van der Waals surface area (Å²) in [5.41, 5.74) is 12.7. The van der Waals surface area contributed by atoms with E-state index >= 15 is 0 Å². The number of aromatic nitrogens is 2. The van der Waals surface area contributed by atoms with Gasteiger partial charge in [-0.15, -0.1) is 0 Å². The lowest BCUT2D eigenvalue weighted by molar-refractivity contribution is 0.414. The lowest BCUT2D eigenvalue weighted by Crippen LogP contribution is -2.02. The Balaban J connectivity index is 2.41. The van der Waals surface area contributed by atoms with Crippen molar-refractivity contribution in [2.45, 2.75) is 0 Å². The maximum atomic E-state index is 5.75. The molecule has 0 unspecified atom stereocenters. The fourth-order valence-corrected chi connectivity index (χ4v) is 1.30. The molecule has 4 N–H and O–H groups in total. The Labute approximate surface area is 87.3 Å². The first-order valence-corrected chi connectivity index (χ1v) is 4.46. The summed E-state index contributed by atoms with van der Waals surface area (Å²) < 4.78 is 6.63. The monoisotopic (exact) mass is 204 g/mol. The summed E-state index contributed by atoms with van der Waals surface area (Å²) in [6.45, 7) is 0. The van der Waals surface area contributed by atoms with Gasteiger partial charge in [-0.1, -0.05) is 0 Å². The van der Waals surface area contributed by atoms with Gasteiger partial charge >= 0.3 is 0 Å². The van der Waals surface area contributed by atoms with E-state index in [9.17, 15) is 0 Å². The molecule has 78 valence electrons. The van der Waals surface area contributed by atoms with E-state index in [1.165, 1.54) is 6.20 Å². The number of methoxy groups -OCH3 is 1. The normalized spacial score (nSPS) is 10.2. The third-order valence-electron chi connectivity index (χ3n) is 2.15. The quantitative estimate of drug-likeness (QED) is 0.766. The first-order valence-electron chi connectivity index (χ1n) is 4.46. The van der Waals surface area contributed by atoms with Gasteiger partial charge in [0.25, 0.3) is 0 Å². The Bertz CT molecular complexity index is 461. The average Bonchev–Trinajstić information content (AvgIpc) is 2.60. The smallest absolute Gasteiger partial charge is 0.150 e. The van der Waals surface area contributed by atoms with Gasteiger partial charge in [-0.25, -0.2) is 4.68 Å². The lowest BCUT2D eigenvalue weighted by Gasteiger charge is -2.05. The van der Waals surface area contributed by atoms with Crippen molar-refractivity contribution in [1.29, 1.82) is 0 Å². The predicted molar refractivity (Wildman–Crippen MR) is 58.9 cm³/mol. The standard InChI is InChI=1S/C10H12N4O/c1-15-8-4-2-7(3-5-8)14-10(12)9(11)6-13-14/h2-6H,11-12H2,1H3. The zero-order valence-corrected chi connectivity index (χ0v) is 8.34. The molecule has 0 spiro atoms. The van der Waals surface area contributed by atoms with Crippen molar-refractivity contribution in [3.63, 3.8) is 0 Å². The van der Waals surface area contributed by atoms with E-state index in [2.05, 4.69) is 5.10 Å². The van der Waals surface area contributed by atoms with Gasteiger partial charge < -0.3 is 16.2 Å². The molecule has 0 saturated carbocycles. The van der Waals surface area contributed by atoms with Crippen LogP contribution in [0, 0.1) is 0 Å². The summed E-state index contributed by atoms with van der Waals surface area (Å²) in [5.74, 6) is 1.23. The molecule has 0 aliphatic carbocycles. The molecule has 0 bridgehead atoms. The zero-order chi connectivity index (χ0) is 10.8. The molecule has 0 aliphatic rings. The summed E-state index contributed by atoms with van der Waals surface area (Å²) in [4.78, 5) is 0. The topological polar surface area (TPSA) is 79.1 Å². The zero-order valence-electron chi connectivity index (χ0n) is 8.34. The van der Waals surface area contributed by atoms with E-state index in [1.54, 1.807) is 11.8 Å². The van der Waals surface area contributed by atoms with E-state index in [4.69, 9.17) is 16.2 Å². The van der Waals surface area contributed by atoms with Crippen LogP contribution in [0.1, 0.15) is 0 Å². The van der Waals surface area contributed by atoms with Gasteiger partial charge in [0, 0.05) is 0 Å². The highest BCUT2D eigenvalue weighted by atomic mass is 16.5. The van der Waals surface area contributed by atoms with Crippen LogP contribution in [-0.2, 0) is 0 Å². The fourth-order valence-electron chi connectivity index (χ4n) is 1.30.